The van der Waals surface area contributed by atoms with Crippen molar-refractivity contribution in [2.24, 2.45) is 5.92 Å². The minimum Gasteiger partial charge on any atom is -0.347 e. The molecule has 0 aliphatic carbocycles. The maximum absolute atomic E-state index is 12.6. The van der Waals surface area contributed by atoms with Crippen molar-refractivity contribution in [1.82, 2.24) is 25.1 Å². The molecule has 144 valence electrons. The van der Waals surface area contributed by atoms with E-state index in [2.05, 4.69) is 20.7 Å². The topological polar surface area (TPSA) is 110 Å². The zero-order chi connectivity index (χ0) is 19.8. The van der Waals surface area contributed by atoms with Gasteiger partial charge in [-0.05, 0) is 17.2 Å². The lowest BCUT2D eigenvalue weighted by atomic mass is 10.0. The molecule has 0 fully saturated rings. The Kier molecular flexibility index (Phi) is 7.47. The number of hydrogen-bond donors (Lipinski definition) is 1. The van der Waals surface area contributed by atoms with Crippen LogP contribution in [-0.2, 0) is 27.3 Å². The van der Waals surface area contributed by atoms with Crippen LogP contribution in [0, 0.1) is 5.92 Å². The molecule has 2 aromatic rings. The zero-order valence-corrected chi connectivity index (χ0v) is 16.3. The number of thioether (sulfide) groups is 1. The fourth-order valence-electron chi connectivity index (χ4n) is 2.18. The monoisotopic (exact) mass is 390 g/mol. The van der Waals surface area contributed by atoms with Crippen molar-refractivity contribution in [1.29, 1.82) is 0 Å². The second kappa shape index (κ2) is 9.81. The second-order valence-corrected chi connectivity index (χ2v) is 7.31. The van der Waals surface area contributed by atoms with Crippen LogP contribution in [0.1, 0.15) is 12.5 Å². The molecule has 1 N–H and O–H groups in total. The number of amides is 2. The number of carbonyl (C=O) groups is 3. The van der Waals surface area contributed by atoms with E-state index in [1.807, 2.05) is 30.3 Å². The Morgan fingerprint density at radius 1 is 1.22 bits per heavy atom. The number of rotatable bonds is 8. The van der Waals surface area contributed by atoms with Crippen molar-refractivity contribution >= 4 is 34.6 Å². The first-order valence-corrected chi connectivity index (χ1v) is 9.30. The standard InChI is InChI=1S/C17H22N6O3S/c1-12(24)27-11-14(9-13-7-5-4-6-8-13)16(26)18-17-19-21-23(20-17)10-15(25)22(2)3/h4-8,14H,9-11H2,1-3H3,(H,18,20,26)/t14-/m1/s1. The predicted octanol–water partition coefficient (Wildman–Crippen LogP) is 0.838. The molecule has 2 amide bonds. The van der Waals surface area contributed by atoms with Crippen molar-refractivity contribution in [3.8, 4) is 0 Å². The van der Waals surface area contributed by atoms with Gasteiger partial charge in [-0.1, -0.05) is 47.2 Å². The summed E-state index contributed by atoms with van der Waals surface area (Å²) < 4.78 is 0. The molecule has 0 aliphatic rings. The van der Waals surface area contributed by atoms with Gasteiger partial charge in [0.05, 0.1) is 5.92 Å². The molecule has 1 aromatic carbocycles. The Balaban J connectivity index is 2.03. The lowest BCUT2D eigenvalue weighted by molar-refractivity contribution is -0.129. The van der Waals surface area contributed by atoms with Crippen LogP contribution in [0.2, 0.25) is 0 Å². The first kappa shape index (κ1) is 20.6. The van der Waals surface area contributed by atoms with Gasteiger partial charge in [0, 0.05) is 26.8 Å². The summed E-state index contributed by atoms with van der Waals surface area (Å²) >= 11 is 1.10. The average Bonchev–Trinajstić information content (AvgIpc) is 3.05. The van der Waals surface area contributed by atoms with Crippen LogP contribution in [-0.4, -0.2) is 61.9 Å². The molecule has 0 saturated heterocycles. The van der Waals surface area contributed by atoms with Gasteiger partial charge in [0.2, 0.25) is 11.8 Å². The predicted molar refractivity (Wildman–Crippen MR) is 102 cm³/mol. The highest BCUT2D eigenvalue weighted by Crippen LogP contribution is 2.17. The molecule has 0 unspecified atom stereocenters. The van der Waals surface area contributed by atoms with E-state index in [1.165, 1.54) is 11.8 Å². The van der Waals surface area contributed by atoms with Crippen LogP contribution in [0.5, 0.6) is 0 Å². The summed E-state index contributed by atoms with van der Waals surface area (Å²) in [6, 6.07) is 9.56. The van der Waals surface area contributed by atoms with Gasteiger partial charge in [0.1, 0.15) is 6.54 Å². The molecule has 9 nitrogen and oxygen atoms in total. The van der Waals surface area contributed by atoms with Gasteiger partial charge in [-0.25, -0.2) is 0 Å². The van der Waals surface area contributed by atoms with Gasteiger partial charge < -0.3 is 4.90 Å². The third-order valence-corrected chi connectivity index (χ3v) is 4.62. The van der Waals surface area contributed by atoms with E-state index in [4.69, 9.17) is 0 Å². The molecule has 0 spiro atoms. The molecular weight excluding hydrogens is 368 g/mol. The number of anilines is 1. The number of nitrogens with zero attached hydrogens (tertiary/aromatic N) is 5. The van der Waals surface area contributed by atoms with Crippen molar-refractivity contribution in [3.05, 3.63) is 35.9 Å². The molecular formula is C17H22N6O3S. The summed E-state index contributed by atoms with van der Waals surface area (Å²) in [6.07, 6.45) is 0.486. The molecule has 0 bridgehead atoms. The molecule has 0 saturated carbocycles. The highest BCUT2D eigenvalue weighted by Gasteiger charge is 2.22. The van der Waals surface area contributed by atoms with E-state index in [-0.39, 0.29) is 29.4 Å². The van der Waals surface area contributed by atoms with E-state index in [1.54, 1.807) is 14.1 Å². The van der Waals surface area contributed by atoms with Crippen molar-refractivity contribution in [2.75, 3.05) is 25.2 Å². The first-order chi connectivity index (χ1) is 12.8. The number of likely N-dealkylation sites (N-methyl/N-ethyl adjacent to an activating group) is 1. The van der Waals surface area contributed by atoms with Crippen molar-refractivity contribution in [2.45, 2.75) is 19.9 Å². The molecule has 0 radical (unpaired) electrons. The van der Waals surface area contributed by atoms with Gasteiger partial charge in [-0.2, -0.15) is 4.80 Å². The summed E-state index contributed by atoms with van der Waals surface area (Å²) in [5, 5.41) is 14.1. The van der Waals surface area contributed by atoms with Crippen molar-refractivity contribution in [3.63, 3.8) is 0 Å². The number of tetrazole rings is 1. The fraction of sp³-hybridized carbons (Fsp3) is 0.412. The molecule has 1 aromatic heterocycles. The van der Waals surface area contributed by atoms with Crippen LogP contribution >= 0.6 is 11.8 Å². The average molecular weight is 390 g/mol. The number of aromatic nitrogens is 4. The number of hydrogen-bond acceptors (Lipinski definition) is 7. The Morgan fingerprint density at radius 2 is 1.93 bits per heavy atom. The summed E-state index contributed by atoms with van der Waals surface area (Å²) in [4.78, 5) is 38.2. The Bertz CT molecular complexity index is 793. The molecule has 0 aliphatic heterocycles. The maximum Gasteiger partial charge on any atom is 0.270 e. The largest absolute Gasteiger partial charge is 0.347 e. The lowest BCUT2D eigenvalue weighted by Gasteiger charge is -2.14. The van der Waals surface area contributed by atoms with E-state index in [0.717, 1.165) is 22.1 Å². The maximum atomic E-state index is 12.6. The third kappa shape index (κ3) is 6.81. The van der Waals surface area contributed by atoms with Crippen molar-refractivity contribution < 1.29 is 14.4 Å². The van der Waals surface area contributed by atoms with Gasteiger partial charge in [0.15, 0.2) is 5.12 Å². The molecule has 27 heavy (non-hydrogen) atoms. The Labute approximate surface area is 161 Å². The SMILES string of the molecule is CC(=O)SC[C@@H](Cc1ccccc1)C(=O)Nc1nnn(CC(=O)N(C)C)n1. The van der Waals surface area contributed by atoms with Crippen LogP contribution in [0.25, 0.3) is 0 Å². The highest BCUT2D eigenvalue weighted by atomic mass is 32.2. The van der Waals surface area contributed by atoms with Crippen LogP contribution in [0.4, 0.5) is 5.95 Å². The smallest absolute Gasteiger partial charge is 0.270 e. The summed E-state index contributed by atoms with van der Waals surface area (Å²) in [5.74, 6) is -0.547. The molecule has 1 heterocycles. The van der Waals surface area contributed by atoms with Crippen LogP contribution < -0.4 is 5.32 Å². The highest BCUT2D eigenvalue weighted by molar-refractivity contribution is 8.13. The fourth-order valence-corrected chi connectivity index (χ4v) is 2.88. The van der Waals surface area contributed by atoms with Gasteiger partial charge in [0.25, 0.3) is 5.95 Å². The summed E-state index contributed by atoms with van der Waals surface area (Å²) in [6.45, 7) is 1.40. The minimum absolute atomic E-state index is 0.0254. The van der Waals surface area contributed by atoms with E-state index >= 15 is 0 Å². The van der Waals surface area contributed by atoms with E-state index < -0.39 is 5.92 Å². The van der Waals surface area contributed by atoms with Gasteiger partial charge in [-0.3, -0.25) is 19.7 Å². The zero-order valence-electron chi connectivity index (χ0n) is 15.5. The number of carbonyl (C=O) groups excluding carboxylic acids is 3. The first-order valence-electron chi connectivity index (χ1n) is 8.31. The summed E-state index contributed by atoms with van der Waals surface area (Å²) in [7, 11) is 3.26. The van der Waals surface area contributed by atoms with E-state index in [9.17, 15) is 14.4 Å². The molecule has 1 atom stereocenters. The normalized spacial score (nSPS) is 11.7. The lowest BCUT2D eigenvalue weighted by Crippen LogP contribution is -2.28. The Morgan fingerprint density at radius 3 is 2.56 bits per heavy atom. The number of benzene rings is 1. The molecule has 2 rings (SSSR count). The summed E-state index contributed by atoms with van der Waals surface area (Å²) in [5.41, 5.74) is 0.995. The van der Waals surface area contributed by atoms with E-state index in [0.29, 0.717) is 12.2 Å². The number of nitrogens with one attached hydrogen (secondary N) is 1. The van der Waals surface area contributed by atoms with Crippen LogP contribution in [0.3, 0.4) is 0 Å². The van der Waals surface area contributed by atoms with Gasteiger partial charge in [-0.15, -0.1) is 5.10 Å². The third-order valence-electron chi connectivity index (χ3n) is 3.65. The minimum atomic E-state index is -0.434. The molecule has 10 heteroatoms. The van der Waals surface area contributed by atoms with Gasteiger partial charge >= 0.3 is 0 Å². The second-order valence-electron chi connectivity index (χ2n) is 6.11. The van der Waals surface area contributed by atoms with Crippen LogP contribution in [0.15, 0.2) is 30.3 Å². The quantitative estimate of drug-likeness (QED) is 0.711. The Hall–Kier alpha value is -2.75.